The molecule has 2 aromatic rings. The molecular weight excluding hydrogens is 256 g/mol. The van der Waals surface area contributed by atoms with Crippen LogP contribution in [0.4, 0.5) is 5.13 Å². The Morgan fingerprint density at radius 3 is 3.08 bits per heavy atom. The number of oxazole rings is 1. The van der Waals surface area contributed by atoms with Crippen LogP contribution in [0.5, 0.6) is 0 Å². The molecule has 2 rings (SSSR count). The molecule has 13 heavy (non-hydrogen) atoms. The summed E-state index contributed by atoms with van der Waals surface area (Å²) < 4.78 is 5.57. The topological polar surface area (TPSA) is 63.8 Å². The number of hydrogen-bond acceptors (Lipinski definition) is 6. The molecule has 0 saturated carbocycles. The number of rotatable bonds is 3. The van der Waals surface area contributed by atoms with Crippen LogP contribution in [0.2, 0.25) is 0 Å². The lowest BCUT2D eigenvalue weighted by atomic mass is 10.5. The van der Waals surface area contributed by atoms with E-state index in [0.29, 0.717) is 6.54 Å². The summed E-state index contributed by atoms with van der Waals surface area (Å²) in [6.45, 7) is 0.595. The van der Waals surface area contributed by atoms with Crippen molar-refractivity contribution in [2.24, 2.45) is 0 Å². The van der Waals surface area contributed by atoms with Gasteiger partial charge in [-0.3, -0.25) is 0 Å². The van der Waals surface area contributed by atoms with Gasteiger partial charge in [-0.25, -0.2) is 4.98 Å². The molecule has 7 heteroatoms. The Hall–Kier alpha value is -0.950. The molecular formula is C6H5BrN4OS. The van der Waals surface area contributed by atoms with E-state index in [-0.39, 0.29) is 0 Å². The second-order valence-corrected chi connectivity index (χ2v) is 4.45. The van der Waals surface area contributed by atoms with Crippen LogP contribution in [-0.2, 0) is 6.54 Å². The maximum absolute atomic E-state index is 4.82. The summed E-state index contributed by atoms with van der Waals surface area (Å²) in [5, 5.41) is 11.5. The molecule has 1 N–H and O–H groups in total. The number of nitrogens with zero attached hydrogens (tertiary/aromatic N) is 3. The smallest absolute Gasteiger partial charge is 0.206 e. The van der Waals surface area contributed by atoms with E-state index >= 15 is 0 Å². The number of halogens is 1. The van der Waals surface area contributed by atoms with Crippen LogP contribution in [-0.4, -0.2) is 15.2 Å². The van der Waals surface area contributed by atoms with Crippen LogP contribution < -0.4 is 5.32 Å². The molecule has 0 aliphatic rings. The first-order valence-corrected chi connectivity index (χ1v) is 5.05. The third-order valence-corrected chi connectivity index (χ3v) is 2.62. The average molecular weight is 261 g/mol. The zero-order chi connectivity index (χ0) is 9.10. The standard InChI is InChI=1S/C6H5BrN4OS/c7-5-10-11-6(13-5)8-1-4-2-12-3-9-4/h2-3H,1H2,(H,8,11). The summed E-state index contributed by atoms with van der Waals surface area (Å²) in [6, 6.07) is 0. The lowest BCUT2D eigenvalue weighted by molar-refractivity contribution is 0.556. The van der Waals surface area contributed by atoms with Crippen LogP contribution in [0.1, 0.15) is 5.69 Å². The molecule has 5 nitrogen and oxygen atoms in total. The van der Waals surface area contributed by atoms with Crippen LogP contribution in [0.3, 0.4) is 0 Å². The zero-order valence-corrected chi connectivity index (χ0v) is 8.80. The molecule has 0 unspecified atom stereocenters. The van der Waals surface area contributed by atoms with E-state index in [4.69, 9.17) is 4.42 Å². The van der Waals surface area contributed by atoms with Gasteiger partial charge in [0.25, 0.3) is 0 Å². The number of anilines is 1. The molecule has 0 atom stereocenters. The summed E-state index contributed by atoms with van der Waals surface area (Å²) >= 11 is 4.66. The summed E-state index contributed by atoms with van der Waals surface area (Å²) in [7, 11) is 0. The van der Waals surface area contributed by atoms with Gasteiger partial charge in [0, 0.05) is 0 Å². The lowest BCUT2D eigenvalue weighted by Crippen LogP contribution is -1.98. The summed E-state index contributed by atoms with van der Waals surface area (Å²) in [4.78, 5) is 3.95. The van der Waals surface area contributed by atoms with E-state index in [1.165, 1.54) is 17.7 Å². The number of nitrogens with one attached hydrogen (secondary N) is 1. The Balaban J connectivity index is 1.93. The Kier molecular flexibility index (Phi) is 2.55. The number of hydrogen-bond donors (Lipinski definition) is 1. The Morgan fingerprint density at radius 2 is 2.46 bits per heavy atom. The molecule has 0 aliphatic heterocycles. The third-order valence-electron chi connectivity index (χ3n) is 1.30. The van der Waals surface area contributed by atoms with Crippen molar-refractivity contribution in [2.75, 3.05) is 5.32 Å². The van der Waals surface area contributed by atoms with E-state index in [0.717, 1.165) is 14.7 Å². The van der Waals surface area contributed by atoms with Gasteiger partial charge in [0.05, 0.1) is 12.2 Å². The zero-order valence-electron chi connectivity index (χ0n) is 6.40. The van der Waals surface area contributed by atoms with Gasteiger partial charge in [0.2, 0.25) is 5.13 Å². The molecule has 0 spiro atoms. The molecule has 0 fully saturated rings. The van der Waals surface area contributed by atoms with E-state index in [1.807, 2.05) is 0 Å². The second kappa shape index (κ2) is 3.84. The third kappa shape index (κ3) is 2.25. The van der Waals surface area contributed by atoms with E-state index in [9.17, 15) is 0 Å². The van der Waals surface area contributed by atoms with Gasteiger partial charge >= 0.3 is 0 Å². The van der Waals surface area contributed by atoms with Gasteiger partial charge < -0.3 is 9.73 Å². The van der Waals surface area contributed by atoms with Gasteiger partial charge in [-0.2, -0.15) is 0 Å². The van der Waals surface area contributed by atoms with E-state index in [1.54, 1.807) is 6.26 Å². The van der Waals surface area contributed by atoms with Gasteiger partial charge in [0.15, 0.2) is 10.3 Å². The molecule has 0 radical (unpaired) electrons. The van der Waals surface area contributed by atoms with Gasteiger partial charge in [-0.05, 0) is 15.9 Å². The van der Waals surface area contributed by atoms with Crippen LogP contribution in [0.15, 0.2) is 21.0 Å². The highest BCUT2D eigenvalue weighted by atomic mass is 79.9. The van der Waals surface area contributed by atoms with Crippen molar-refractivity contribution in [3.05, 3.63) is 22.3 Å². The fourth-order valence-electron chi connectivity index (χ4n) is 0.768. The van der Waals surface area contributed by atoms with Crippen molar-refractivity contribution >= 4 is 32.4 Å². The first-order valence-electron chi connectivity index (χ1n) is 3.44. The lowest BCUT2D eigenvalue weighted by Gasteiger charge is -1.95. The average Bonchev–Trinajstić information content (AvgIpc) is 2.71. The molecule has 0 aromatic carbocycles. The monoisotopic (exact) mass is 260 g/mol. The Bertz CT molecular complexity index is 374. The molecule has 0 saturated heterocycles. The van der Waals surface area contributed by atoms with Crippen molar-refractivity contribution in [1.29, 1.82) is 0 Å². The van der Waals surface area contributed by atoms with Crippen molar-refractivity contribution in [3.8, 4) is 0 Å². The first-order chi connectivity index (χ1) is 6.34. The Morgan fingerprint density at radius 1 is 1.54 bits per heavy atom. The van der Waals surface area contributed by atoms with Gasteiger partial charge in [-0.15, -0.1) is 10.2 Å². The quantitative estimate of drug-likeness (QED) is 0.914. The minimum atomic E-state index is 0.595. The molecule has 0 aliphatic carbocycles. The highest BCUT2D eigenvalue weighted by molar-refractivity contribution is 9.11. The maximum atomic E-state index is 4.82. The van der Waals surface area contributed by atoms with E-state index in [2.05, 4.69) is 36.4 Å². The van der Waals surface area contributed by atoms with Crippen molar-refractivity contribution in [3.63, 3.8) is 0 Å². The van der Waals surface area contributed by atoms with Crippen molar-refractivity contribution < 1.29 is 4.42 Å². The van der Waals surface area contributed by atoms with Crippen molar-refractivity contribution in [2.45, 2.75) is 6.54 Å². The van der Waals surface area contributed by atoms with Gasteiger partial charge in [0.1, 0.15) is 6.26 Å². The van der Waals surface area contributed by atoms with Gasteiger partial charge in [-0.1, -0.05) is 11.3 Å². The molecule has 0 amide bonds. The first kappa shape index (κ1) is 8.64. The van der Waals surface area contributed by atoms with E-state index < -0.39 is 0 Å². The SMILES string of the molecule is Brc1nnc(NCc2cocn2)s1. The fourth-order valence-corrected chi connectivity index (χ4v) is 1.77. The minimum Gasteiger partial charge on any atom is -0.451 e. The second-order valence-electron chi connectivity index (χ2n) is 2.19. The fraction of sp³-hybridized carbons (Fsp3) is 0.167. The van der Waals surface area contributed by atoms with Crippen LogP contribution >= 0.6 is 27.3 Å². The predicted octanol–water partition coefficient (Wildman–Crippen LogP) is 1.90. The molecule has 68 valence electrons. The van der Waals surface area contributed by atoms with Crippen LogP contribution in [0, 0.1) is 0 Å². The molecule has 0 bridgehead atoms. The summed E-state index contributed by atoms with van der Waals surface area (Å²) in [6.07, 6.45) is 2.98. The predicted molar refractivity (Wildman–Crippen MR) is 51.4 cm³/mol. The Labute approximate surface area is 86.3 Å². The highest BCUT2D eigenvalue weighted by Gasteiger charge is 2.01. The normalized spacial score (nSPS) is 10.2. The minimum absolute atomic E-state index is 0.595. The molecule has 2 heterocycles. The highest BCUT2D eigenvalue weighted by Crippen LogP contribution is 2.20. The molecule has 2 aromatic heterocycles. The maximum Gasteiger partial charge on any atom is 0.206 e. The van der Waals surface area contributed by atoms with Crippen LogP contribution in [0.25, 0.3) is 0 Å². The van der Waals surface area contributed by atoms with Crippen molar-refractivity contribution in [1.82, 2.24) is 15.2 Å². The number of aromatic nitrogens is 3. The largest absolute Gasteiger partial charge is 0.451 e. The summed E-state index contributed by atoms with van der Waals surface area (Å²) in [5.41, 5.74) is 0.839. The summed E-state index contributed by atoms with van der Waals surface area (Å²) in [5.74, 6) is 0.